The lowest BCUT2D eigenvalue weighted by molar-refractivity contribution is -0.122. The number of hydrogen-bond acceptors (Lipinski definition) is 4. The van der Waals surface area contributed by atoms with E-state index in [1.54, 1.807) is 24.1 Å². The Balaban J connectivity index is 1.71. The van der Waals surface area contributed by atoms with Crippen LogP contribution in [0, 0.1) is 0 Å². The van der Waals surface area contributed by atoms with Crippen LogP contribution in [-0.2, 0) is 17.8 Å². The molecule has 0 aliphatic carbocycles. The molecular weight excluding hydrogens is 368 g/mol. The Labute approximate surface area is 153 Å². The molecule has 0 saturated heterocycles. The van der Waals surface area contributed by atoms with Gasteiger partial charge < -0.3 is 10.1 Å². The zero-order valence-corrected chi connectivity index (χ0v) is 14.6. The van der Waals surface area contributed by atoms with E-state index in [9.17, 15) is 22.4 Å². The summed E-state index contributed by atoms with van der Waals surface area (Å²) in [5.74, 6) is -0.0155. The van der Waals surface area contributed by atoms with E-state index in [-0.39, 0.29) is 30.6 Å². The minimum Gasteiger partial charge on any atom is -0.435 e. The van der Waals surface area contributed by atoms with Crippen molar-refractivity contribution in [3.63, 3.8) is 0 Å². The normalized spacial score (nSPS) is 11.4. The van der Waals surface area contributed by atoms with Crippen LogP contribution in [0.25, 0.3) is 0 Å². The summed E-state index contributed by atoms with van der Waals surface area (Å²) in [4.78, 5) is 17.4. The molecule has 2 aromatic rings. The molecule has 0 aliphatic heterocycles. The molecule has 0 fully saturated rings. The minimum atomic E-state index is -2.87. The van der Waals surface area contributed by atoms with Gasteiger partial charge in [0.05, 0.1) is 13.1 Å². The van der Waals surface area contributed by atoms with E-state index in [0.29, 0.717) is 13.0 Å². The number of alkyl halides is 4. The zero-order chi connectivity index (χ0) is 19.8. The smallest absolute Gasteiger partial charge is 0.387 e. The van der Waals surface area contributed by atoms with Gasteiger partial charge in [0, 0.05) is 18.9 Å². The molecule has 2 rings (SSSR count). The molecule has 1 aromatic carbocycles. The first-order valence-electron chi connectivity index (χ1n) is 8.14. The van der Waals surface area contributed by atoms with E-state index < -0.39 is 13.2 Å². The number of aromatic nitrogens is 2. The Hall–Kier alpha value is -2.62. The number of likely N-dealkylation sites (N-methyl/N-ethyl adjacent to an activating group) is 1. The van der Waals surface area contributed by atoms with Crippen LogP contribution in [0.3, 0.4) is 0 Å². The molecule has 148 valence electrons. The molecule has 0 aliphatic rings. The highest BCUT2D eigenvalue weighted by Crippen LogP contribution is 2.15. The highest BCUT2D eigenvalue weighted by Gasteiger charge is 2.14. The second-order valence-corrected chi connectivity index (χ2v) is 5.82. The third-order valence-corrected chi connectivity index (χ3v) is 3.67. The van der Waals surface area contributed by atoms with Crippen molar-refractivity contribution in [2.24, 2.45) is 0 Å². The van der Waals surface area contributed by atoms with Crippen molar-refractivity contribution in [3.8, 4) is 5.75 Å². The van der Waals surface area contributed by atoms with Crippen molar-refractivity contribution in [1.82, 2.24) is 19.8 Å². The van der Waals surface area contributed by atoms with Crippen molar-refractivity contribution >= 4 is 5.91 Å². The molecule has 6 nitrogen and oxygen atoms in total. The monoisotopic (exact) mass is 388 g/mol. The Bertz CT molecular complexity index is 722. The number of rotatable bonds is 10. The average molecular weight is 388 g/mol. The number of nitrogens with zero attached hydrogens (tertiary/aromatic N) is 3. The molecule has 1 aromatic heterocycles. The Morgan fingerprint density at radius 3 is 2.59 bits per heavy atom. The molecule has 1 heterocycles. The standard InChI is InChI=1S/C17H20F4N4O2/c1-24(10-14-22-8-9-25(14)16(18)19)11-15(26)23-7-6-12-2-4-13(5-3-12)27-17(20)21/h2-5,8-9,16-17H,6-7,10-11H2,1H3,(H,23,26). The molecule has 0 spiro atoms. The summed E-state index contributed by atoms with van der Waals surface area (Å²) in [6.07, 6.45) is 2.98. The first-order valence-corrected chi connectivity index (χ1v) is 8.14. The molecule has 0 bridgehead atoms. The summed E-state index contributed by atoms with van der Waals surface area (Å²) in [5, 5.41) is 2.72. The maximum absolute atomic E-state index is 12.8. The highest BCUT2D eigenvalue weighted by atomic mass is 19.3. The summed E-state index contributed by atoms with van der Waals surface area (Å²) >= 11 is 0. The summed E-state index contributed by atoms with van der Waals surface area (Å²) in [5.41, 5.74) is 0.851. The topological polar surface area (TPSA) is 59.4 Å². The number of carbonyl (C=O) groups excluding carboxylic acids is 1. The molecule has 0 saturated carbocycles. The molecule has 10 heteroatoms. The van der Waals surface area contributed by atoms with Gasteiger partial charge in [-0.2, -0.15) is 17.6 Å². The molecule has 1 N–H and O–H groups in total. The average Bonchev–Trinajstić information content (AvgIpc) is 3.04. The van der Waals surface area contributed by atoms with Crippen LogP contribution < -0.4 is 10.1 Å². The summed E-state index contributed by atoms with van der Waals surface area (Å²) in [7, 11) is 1.63. The lowest BCUT2D eigenvalue weighted by Crippen LogP contribution is -2.36. The van der Waals surface area contributed by atoms with E-state index in [0.717, 1.165) is 10.1 Å². The largest absolute Gasteiger partial charge is 0.435 e. The quantitative estimate of drug-likeness (QED) is 0.636. The molecule has 0 unspecified atom stereocenters. The van der Waals surface area contributed by atoms with Crippen LogP contribution in [0.1, 0.15) is 17.9 Å². The Kier molecular flexibility index (Phi) is 7.59. The summed E-state index contributed by atoms with van der Waals surface area (Å²) in [6.45, 7) is -5.06. The first kappa shape index (κ1) is 20.7. The van der Waals surface area contributed by atoms with Crippen molar-refractivity contribution in [2.45, 2.75) is 26.1 Å². The number of hydrogen-bond donors (Lipinski definition) is 1. The highest BCUT2D eigenvalue weighted by molar-refractivity contribution is 5.77. The third-order valence-electron chi connectivity index (χ3n) is 3.67. The number of benzene rings is 1. The van der Waals surface area contributed by atoms with Crippen molar-refractivity contribution in [3.05, 3.63) is 48.0 Å². The van der Waals surface area contributed by atoms with Crippen LogP contribution in [0.5, 0.6) is 5.75 Å². The van der Waals surface area contributed by atoms with Crippen LogP contribution >= 0.6 is 0 Å². The van der Waals surface area contributed by atoms with Crippen molar-refractivity contribution in [2.75, 3.05) is 20.1 Å². The fourth-order valence-electron chi connectivity index (χ4n) is 2.43. The van der Waals surface area contributed by atoms with Crippen molar-refractivity contribution < 1.29 is 27.1 Å². The number of ether oxygens (including phenoxy) is 1. The predicted octanol–water partition coefficient (Wildman–Crippen LogP) is 2.67. The molecular formula is C17H20F4N4O2. The third kappa shape index (κ3) is 6.89. The fourth-order valence-corrected chi connectivity index (χ4v) is 2.43. The number of amides is 1. The number of nitrogens with one attached hydrogen (secondary N) is 1. The van der Waals surface area contributed by atoms with Gasteiger partial charge in [0.1, 0.15) is 11.6 Å². The maximum Gasteiger partial charge on any atom is 0.387 e. The minimum absolute atomic E-state index is 0.0251. The van der Waals surface area contributed by atoms with Gasteiger partial charge in [0.2, 0.25) is 5.91 Å². The summed E-state index contributed by atoms with van der Waals surface area (Å²) < 4.78 is 54.7. The van der Waals surface area contributed by atoms with Gasteiger partial charge in [-0.1, -0.05) is 12.1 Å². The van der Waals surface area contributed by atoms with Gasteiger partial charge >= 0.3 is 13.2 Å². The maximum atomic E-state index is 12.8. The van der Waals surface area contributed by atoms with Crippen LogP contribution in [0.15, 0.2) is 36.7 Å². The number of imidazole rings is 1. The molecule has 27 heavy (non-hydrogen) atoms. The summed E-state index contributed by atoms with van der Waals surface area (Å²) in [6, 6.07) is 6.14. The zero-order valence-electron chi connectivity index (χ0n) is 14.6. The van der Waals surface area contributed by atoms with Gasteiger partial charge in [0.15, 0.2) is 0 Å². The van der Waals surface area contributed by atoms with Gasteiger partial charge in [-0.05, 0) is 31.2 Å². The van der Waals surface area contributed by atoms with Crippen LogP contribution in [-0.4, -0.2) is 47.1 Å². The van der Waals surface area contributed by atoms with E-state index in [1.807, 2.05) is 0 Å². The first-order chi connectivity index (χ1) is 12.8. The SMILES string of the molecule is CN(CC(=O)NCCc1ccc(OC(F)F)cc1)Cc1nccn1C(F)F. The van der Waals surface area contributed by atoms with Gasteiger partial charge in [0.25, 0.3) is 0 Å². The van der Waals surface area contributed by atoms with E-state index in [2.05, 4.69) is 15.0 Å². The van der Waals surface area contributed by atoms with E-state index in [1.165, 1.54) is 24.5 Å². The Morgan fingerprint density at radius 2 is 1.96 bits per heavy atom. The number of carbonyl (C=O) groups is 1. The van der Waals surface area contributed by atoms with Gasteiger partial charge in [-0.15, -0.1) is 0 Å². The lowest BCUT2D eigenvalue weighted by atomic mass is 10.1. The molecule has 1 amide bonds. The number of halogens is 4. The lowest BCUT2D eigenvalue weighted by Gasteiger charge is -2.16. The second kappa shape index (κ2) is 9.91. The van der Waals surface area contributed by atoms with Crippen molar-refractivity contribution in [1.29, 1.82) is 0 Å². The van der Waals surface area contributed by atoms with Crippen LogP contribution in [0.4, 0.5) is 17.6 Å². The Morgan fingerprint density at radius 1 is 1.26 bits per heavy atom. The molecule has 0 radical (unpaired) electrons. The second-order valence-electron chi connectivity index (χ2n) is 5.82. The molecule has 0 atom stereocenters. The van der Waals surface area contributed by atoms with Gasteiger partial charge in [-0.3, -0.25) is 14.3 Å². The van der Waals surface area contributed by atoms with E-state index in [4.69, 9.17) is 0 Å². The predicted molar refractivity (Wildman–Crippen MR) is 89.6 cm³/mol. The van der Waals surface area contributed by atoms with E-state index >= 15 is 0 Å². The van der Waals surface area contributed by atoms with Crippen LogP contribution in [0.2, 0.25) is 0 Å². The fraction of sp³-hybridized carbons (Fsp3) is 0.412. The van der Waals surface area contributed by atoms with Gasteiger partial charge in [-0.25, -0.2) is 4.98 Å².